The Morgan fingerprint density at radius 2 is 2.23 bits per heavy atom. The van der Waals surface area contributed by atoms with Crippen molar-refractivity contribution in [3.05, 3.63) is 29.1 Å². The third-order valence-corrected chi connectivity index (χ3v) is 2.07. The fourth-order valence-corrected chi connectivity index (χ4v) is 1.44. The maximum atomic E-state index is 8.86. The lowest BCUT2D eigenvalue weighted by molar-refractivity contribution is 1.28. The van der Waals surface area contributed by atoms with Gasteiger partial charge in [0.15, 0.2) is 0 Å². The van der Waals surface area contributed by atoms with Gasteiger partial charge in [-0.2, -0.15) is 5.26 Å². The maximum Gasteiger partial charge on any atom is 0.106 e. The van der Waals surface area contributed by atoms with Crippen molar-refractivity contribution in [1.29, 1.82) is 5.26 Å². The summed E-state index contributed by atoms with van der Waals surface area (Å²) in [5.74, 6) is 0. The quantitative estimate of drug-likeness (QED) is 0.659. The van der Waals surface area contributed by atoms with E-state index in [1.54, 1.807) is 6.20 Å². The Balaban J connectivity index is 2.88. The molecule has 2 aromatic heterocycles. The van der Waals surface area contributed by atoms with Crippen molar-refractivity contribution in [3.8, 4) is 6.07 Å². The van der Waals surface area contributed by atoms with Crippen molar-refractivity contribution in [2.45, 2.75) is 13.8 Å². The second kappa shape index (κ2) is 2.60. The normalized spacial score (nSPS) is 10.2. The smallest absolute Gasteiger partial charge is 0.106 e. The molecule has 2 heterocycles. The van der Waals surface area contributed by atoms with Crippen LogP contribution in [0.2, 0.25) is 0 Å². The monoisotopic (exact) mass is 171 g/mol. The summed E-state index contributed by atoms with van der Waals surface area (Å²) in [4.78, 5) is 7.35. The molecule has 0 aliphatic rings. The number of aryl methyl sites for hydroxylation is 2. The predicted octanol–water partition coefficient (Wildman–Crippen LogP) is 2.05. The minimum atomic E-state index is 0.648. The van der Waals surface area contributed by atoms with Gasteiger partial charge in [0.2, 0.25) is 0 Å². The van der Waals surface area contributed by atoms with E-state index in [1.165, 1.54) is 0 Å². The molecule has 2 aromatic rings. The summed E-state index contributed by atoms with van der Waals surface area (Å²) in [5.41, 5.74) is 4.34. The lowest BCUT2D eigenvalue weighted by Gasteiger charge is -1.90. The van der Waals surface area contributed by atoms with Crippen LogP contribution in [0.4, 0.5) is 0 Å². The van der Waals surface area contributed by atoms with Gasteiger partial charge in [0.1, 0.15) is 11.6 Å². The SMILES string of the molecule is Cc1cnc2c(C#N)c(C)[nH]c2c1. The van der Waals surface area contributed by atoms with Crippen molar-refractivity contribution >= 4 is 11.0 Å². The number of H-pyrrole nitrogens is 1. The number of nitrogens with one attached hydrogen (secondary N) is 1. The average Bonchev–Trinajstić information content (AvgIpc) is 2.39. The number of hydrogen-bond acceptors (Lipinski definition) is 2. The molecule has 0 radical (unpaired) electrons. The van der Waals surface area contributed by atoms with Crippen molar-refractivity contribution in [2.24, 2.45) is 0 Å². The Morgan fingerprint density at radius 1 is 1.46 bits per heavy atom. The number of fused-ring (bicyclic) bond motifs is 1. The van der Waals surface area contributed by atoms with Crippen LogP contribution in [-0.4, -0.2) is 9.97 Å². The molecule has 0 atom stereocenters. The fourth-order valence-electron chi connectivity index (χ4n) is 1.44. The number of nitriles is 1. The average molecular weight is 171 g/mol. The molecule has 0 amide bonds. The van der Waals surface area contributed by atoms with Crippen molar-refractivity contribution in [2.75, 3.05) is 0 Å². The minimum Gasteiger partial charge on any atom is -0.356 e. The summed E-state index contributed by atoms with van der Waals surface area (Å²) >= 11 is 0. The van der Waals surface area contributed by atoms with E-state index >= 15 is 0 Å². The first kappa shape index (κ1) is 7.81. The molecule has 3 heteroatoms. The topological polar surface area (TPSA) is 52.5 Å². The van der Waals surface area contributed by atoms with Gasteiger partial charge in [-0.15, -0.1) is 0 Å². The molecule has 2 rings (SSSR count). The van der Waals surface area contributed by atoms with Crippen molar-refractivity contribution in [1.82, 2.24) is 9.97 Å². The maximum absolute atomic E-state index is 8.86. The van der Waals surface area contributed by atoms with E-state index < -0.39 is 0 Å². The van der Waals surface area contributed by atoms with Crippen LogP contribution < -0.4 is 0 Å². The molecule has 0 aliphatic heterocycles. The summed E-state index contributed by atoms with van der Waals surface area (Å²) in [6.45, 7) is 3.87. The van der Waals surface area contributed by atoms with E-state index in [1.807, 2.05) is 19.9 Å². The molecule has 13 heavy (non-hydrogen) atoms. The van der Waals surface area contributed by atoms with Crippen molar-refractivity contribution < 1.29 is 0 Å². The first-order chi connectivity index (χ1) is 6.22. The van der Waals surface area contributed by atoms with Gasteiger partial charge in [0, 0.05) is 11.9 Å². The lowest BCUT2D eigenvalue weighted by Crippen LogP contribution is -1.79. The summed E-state index contributed by atoms with van der Waals surface area (Å²) < 4.78 is 0. The van der Waals surface area contributed by atoms with E-state index in [9.17, 15) is 0 Å². The Hall–Kier alpha value is -1.82. The van der Waals surface area contributed by atoms with Crippen LogP contribution in [-0.2, 0) is 0 Å². The Kier molecular flexibility index (Phi) is 1.56. The number of rotatable bonds is 0. The summed E-state index contributed by atoms with van der Waals surface area (Å²) in [6, 6.07) is 4.14. The zero-order valence-electron chi connectivity index (χ0n) is 7.55. The molecule has 0 spiro atoms. The highest BCUT2D eigenvalue weighted by atomic mass is 14.8. The van der Waals surface area contributed by atoms with Crippen LogP contribution in [0.3, 0.4) is 0 Å². The highest BCUT2D eigenvalue weighted by Crippen LogP contribution is 2.19. The van der Waals surface area contributed by atoms with Gasteiger partial charge in [-0.05, 0) is 25.5 Å². The molecule has 0 fully saturated rings. The third-order valence-electron chi connectivity index (χ3n) is 2.07. The number of pyridine rings is 1. The van der Waals surface area contributed by atoms with Crippen LogP contribution >= 0.6 is 0 Å². The van der Waals surface area contributed by atoms with Crippen LogP contribution in [0, 0.1) is 25.2 Å². The van der Waals surface area contributed by atoms with E-state index in [0.717, 1.165) is 22.3 Å². The first-order valence-corrected chi connectivity index (χ1v) is 4.07. The Morgan fingerprint density at radius 3 is 2.92 bits per heavy atom. The Bertz CT molecular complexity index is 503. The standard InChI is InChI=1S/C10H9N3/c1-6-3-9-10(12-5-6)8(4-11)7(2)13-9/h3,5,13H,1-2H3. The lowest BCUT2D eigenvalue weighted by atomic mass is 10.2. The molecular formula is C10H9N3. The Labute approximate surface area is 76.0 Å². The molecule has 0 unspecified atom stereocenters. The van der Waals surface area contributed by atoms with Crippen LogP contribution in [0.5, 0.6) is 0 Å². The molecule has 0 bridgehead atoms. The van der Waals surface area contributed by atoms with Gasteiger partial charge in [0.25, 0.3) is 0 Å². The van der Waals surface area contributed by atoms with Crippen molar-refractivity contribution in [3.63, 3.8) is 0 Å². The van der Waals surface area contributed by atoms with Gasteiger partial charge < -0.3 is 4.98 Å². The molecule has 0 saturated carbocycles. The van der Waals surface area contributed by atoms with Gasteiger partial charge >= 0.3 is 0 Å². The zero-order chi connectivity index (χ0) is 9.42. The second-order valence-electron chi connectivity index (χ2n) is 3.15. The van der Waals surface area contributed by atoms with E-state index in [4.69, 9.17) is 5.26 Å². The van der Waals surface area contributed by atoms with E-state index in [2.05, 4.69) is 16.0 Å². The molecule has 1 N–H and O–H groups in total. The summed E-state index contributed by atoms with van der Waals surface area (Å²) in [5, 5.41) is 8.86. The largest absolute Gasteiger partial charge is 0.356 e. The fraction of sp³-hybridized carbons (Fsp3) is 0.200. The molecule has 3 nitrogen and oxygen atoms in total. The molecule has 0 aromatic carbocycles. The molecule has 64 valence electrons. The third kappa shape index (κ3) is 1.07. The van der Waals surface area contributed by atoms with Gasteiger partial charge in [0.05, 0.1) is 11.1 Å². The van der Waals surface area contributed by atoms with E-state index in [-0.39, 0.29) is 0 Å². The van der Waals surface area contributed by atoms with E-state index in [0.29, 0.717) is 5.56 Å². The highest BCUT2D eigenvalue weighted by Gasteiger charge is 2.07. The second-order valence-corrected chi connectivity index (χ2v) is 3.15. The predicted molar refractivity (Wildman–Crippen MR) is 50.3 cm³/mol. The van der Waals surface area contributed by atoms with Gasteiger partial charge in [-0.3, -0.25) is 4.98 Å². The molecule has 0 saturated heterocycles. The zero-order valence-corrected chi connectivity index (χ0v) is 7.55. The first-order valence-electron chi connectivity index (χ1n) is 4.07. The number of aromatic nitrogens is 2. The number of nitrogens with zero attached hydrogens (tertiary/aromatic N) is 2. The molecule has 0 aliphatic carbocycles. The summed E-state index contributed by atoms with van der Waals surface area (Å²) in [6.07, 6.45) is 1.77. The summed E-state index contributed by atoms with van der Waals surface area (Å²) in [7, 11) is 0. The van der Waals surface area contributed by atoms with Crippen LogP contribution in [0.25, 0.3) is 11.0 Å². The minimum absolute atomic E-state index is 0.648. The highest BCUT2D eigenvalue weighted by molar-refractivity contribution is 5.83. The number of hydrogen-bond donors (Lipinski definition) is 1. The van der Waals surface area contributed by atoms with Gasteiger partial charge in [-0.1, -0.05) is 0 Å². The van der Waals surface area contributed by atoms with Gasteiger partial charge in [-0.25, -0.2) is 0 Å². The van der Waals surface area contributed by atoms with Crippen LogP contribution in [0.1, 0.15) is 16.8 Å². The molecular weight excluding hydrogens is 162 g/mol. The number of aromatic amines is 1. The van der Waals surface area contributed by atoms with Crippen LogP contribution in [0.15, 0.2) is 12.3 Å².